The molecular weight excluding hydrogens is 172 g/mol. The van der Waals surface area contributed by atoms with Gasteiger partial charge >= 0.3 is 0 Å². The van der Waals surface area contributed by atoms with E-state index in [-0.39, 0.29) is 0 Å². The summed E-state index contributed by atoms with van der Waals surface area (Å²) in [6, 6.07) is 4.06. The van der Waals surface area contributed by atoms with E-state index in [1.165, 1.54) is 11.1 Å². The number of rotatable bonds is 4. The van der Waals surface area contributed by atoms with Crippen LogP contribution in [0.3, 0.4) is 0 Å². The highest BCUT2D eigenvalue weighted by Gasteiger charge is 2.04. The fraction of sp³-hybridized carbons (Fsp3) is 0.500. The lowest BCUT2D eigenvalue weighted by molar-refractivity contribution is 0.899. The van der Waals surface area contributed by atoms with Crippen molar-refractivity contribution in [2.45, 2.75) is 39.5 Å². The van der Waals surface area contributed by atoms with Crippen molar-refractivity contribution in [2.24, 2.45) is 0 Å². The maximum Gasteiger partial charge on any atom is 0.0367 e. The Morgan fingerprint density at radius 2 is 1.29 bits per heavy atom. The van der Waals surface area contributed by atoms with Gasteiger partial charge < -0.3 is 11.5 Å². The quantitative estimate of drug-likeness (QED) is 0.721. The van der Waals surface area contributed by atoms with Gasteiger partial charge in [-0.25, -0.2) is 0 Å². The third-order valence-electron chi connectivity index (χ3n) is 2.44. The minimum absolute atomic E-state index is 0.837. The molecular formula is C12H20N2. The molecule has 0 unspecified atom stereocenters. The molecule has 0 aliphatic heterocycles. The zero-order valence-corrected chi connectivity index (χ0v) is 9.14. The van der Waals surface area contributed by atoms with Crippen LogP contribution in [0.25, 0.3) is 0 Å². The summed E-state index contributed by atoms with van der Waals surface area (Å²) < 4.78 is 0. The molecule has 78 valence electrons. The zero-order valence-electron chi connectivity index (χ0n) is 9.14. The number of nitrogen functional groups attached to an aromatic ring is 2. The summed E-state index contributed by atoms with van der Waals surface area (Å²) in [4.78, 5) is 0. The summed E-state index contributed by atoms with van der Waals surface area (Å²) in [5.41, 5.74) is 15.9. The lowest BCUT2D eigenvalue weighted by Gasteiger charge is -2.10. The molecule has 1 aromatic rings. The average Bonchev–Trinajstić information content (AvgIpc) is 2.14. The molecule has 0 atom stereocenters. The molecule has 0 aliphatic carbocycles. The van der Waals surface area contributed by atoms with Gasteiger partial charge in [0.25, 0.3) is 0 Å². The molecule has 0 fully saturated rings. The molecule has 0 saturated carbocycles. The Hall–Kier alpha value is -1.18. The first kappa shape index (κ1) is 10.9. The lowest BCUT2D eigenvalue weighted by atomic mass is 10.0. The highest BCUT2D eigenvalue weighted by molar-refractivity contribution is 5.61. The van der Waals surface area contributed by atoms with Gasteiger partial charge in [0.2, 0.25) is 0 Å². The van der Waals surface area contributed by atoms with Crippen LogP contribution >= 0.6 is 0 Å². The van der Waals surface area contributed by atoms with Gasteiger partial charge in [-0.15, -0.1) is 0 Å². The van der Waals surface area contributed by atoms with Gasteiger partial charge in [0, 0.05) is 11.4 Å². The summed E-state index contributed by atoms with van der Waals surface area (Å²) in [5.74, 6) is 0. The molecule has 0 spiro atoms. The number of anilines is 2. The molecule has 1 rings (SSSR count). The second-order valence-electron chi connectivity index (χ2n) is 3.75. The van der Waals surface area contributed by atoms with Gasteiger partial charge in [-0.1, -0.05) is 32.8 Å². The molecule has 0 aliphatic rings. The Kier molecular flexibility index (Phi) is 3.81. The van der Waals surface area contributed by atoms with Crippen LogP contribution in [0.4, 0.5) is 11.4 Å². The summed E-state index contributed by atoms with van der Waals surface area (Å²) in [7, 11) is 0. The van der Waals surface area contributed by atoms with Gasteiger partial charge in [-0.2, -0.15) is 0 Å². The topological polar surface area (TPSA) is 52.0 Å². The predicted octanol–water partition coefficient (Wildman–Crippen LogP) is 2.76. The first-order valence-corrected chi connectivity index (χ1v) is 5.35. The Bertz CT molecular complexity index is 278. The third kappa shape index (κ3) is 2.41. The zero-order chi connectivity index (χ0) is 10.6. The van der Waals surface area contributed by atoms with E-state index in [1.54, 1.807) is 0 Å². The van der Waals surface area contributed by atoms with Crippen molar-refractivity contribution in [1.29, 1.82) is 0 Å². The number of aryl methyl sites for hydroxylation is 2. The van der Waals surface area contributed by atoms with Crippen LogP contribution in [-0.4, -0.2) is 0 Å². The number of hydrogen-bond donors (Lipinski definition) is 2. The standard InChI is InChI=1S/C12H20N2/c1-3-5-9-7-10(6-4-2)12(14)8-11(9)13/h7-8H,3-6,13-14H2,1-2H3. The molecule has 14 heavy (non-hydrogen) atoms. The summed E-state index contributed by atoms with van der Waals surface area (Å²) in [6.07, 6.45) is 4.34. The summed E-state index contributed by atoms with van der Waals surface area (Å²) >= 11 is 0. The number of benzene rings is 1. The first-order valence-electron chi connectivity index (χ1n) is 5.35. The fourth-order valence-electron chi connectivity index (χ4n) is 1.70. The molecule has 2 nitrogen and oxygen atoms in total. The fourth-order valence-corrected chi connectivity index (χ4v) is 1.70. The second-order valence-corrected chi connectivity index (χ2v) is 3.75. The molecule has 0 bridgehead atoms. The third-order valence-corrected chi connectivity index (χ3v) is 2.44. The van der Waals surface area contributed by atoms with E-state index >= 15 is 0 Å². The average molecular weight is 192 g/mol. The van der Waals surface area contributed by atoms with Crippen molar-refractivity contribution in [3.8, 4) is 0 Å². The minimum Gasteiger partial charge on any atom is -0.398 e. The first-order chi connectivity index (χ1) is 6.69. The van der Waals surface area contributed by atoms with Crippen molar-refractivity contribution in [3.05, 3.63) is 23.3 Å². The van der Waals surface area contributed by atoms with Crippen LogP contribution in [0, 0.1) is 0 Å². The molecule has 1 aromatic carbocycles. The Labute approximate surface area is 86.3 Å². The van der Waals surface area contributed by atoms with Crippen LogP contribution in [0.5, 0.6) is 0 Å². The van der Waals surface area contributed by atoms with E-state index in [9.17, 15) is 0 Å². The van der Waals surface area contributed by atoms with Crippen LogP contribution in [0.1, 0.15) is 37.8 Å². The van der Waals surface area contributed by atoms with Gasteiger partial charge in [0.1, 0.15) is 0 Å². The van der Waals surface area contributed by atoms with Gasteiger partial charge in [-0.05, 0) is 30.0 Å². The maximum atomic E-state index is 5.89. The molecule has 0 radical (unpaired) electrons. The molecule has 0 aromatic heterocycles. The maximum absolute atomic E-state index is 5.89. The molecule has 0 heterocycles. The van der Waals surface area contributed by atoms with Crippen LogP contribution in [0.15, 0.2) is 12.1 Å². The summed E-state index contributed by atoms with van der Waals surface area (Å²) in [5, 5.41) is 0. The van der Waals surface area contributed by atoms with Gasteiger partial charge in [-0.3, -0.25) is 0 Å². The number of nitrogens with two attached hydrogens (primary N) is 2. The highest BCUT2D eigenvalue weighted by Crippen LogP contribution is 2.23. The van der Waals surface area contributed by atoms with E-state index < -0.39 is 0 Å². The normalized spacial score (nSPS) is 10.4. The predicted molar refractivity (Wildman–Crippen MR) is 63.3 cm³/mol. The monoisotopic (exact) mass is 192 g/mol. The van der Waals surface area contributed by atoms with Crippen molar-refractivity contribution in [3.63, 3.8) is 0 Å². The number of hydrogen-bond acceptors (Lipinski definition) is 2. The van der Waals surface area contributed by atoms with E-state index in [1.807, 2.05) is 6.07 Å². The molecule has 2 heteroatoms. The largest absolute Gasteiger partial charge is 0.398 e. The van der Waals surface area contributed by atoms with Crippen LogP contribution in [-0.2, 0) is 12.8 Å². The van der Waals surface area contributed by atoms with Crippen molar-refractivity contribution < 1.29 is 0 Å². The van der Waals surface area contributed by atoms with Crippen LogP contribution in [0.2, 0.25) is 0 Å². The smallest absolute Gasteiger partial charge is 0.0367 e. The molecule has 4 N–H and O–H groups in total. The Balaban J connectivity index is 3.00. The van der Waals surface area contributed by atoms with E-state index in [4.69, 9.17) is 11.5 Å². The van der Waals surface area contributed by atoms with Gasteiger partial charge in [0.05, 0.1) is 0 Å². The van der Waals surface area contributed by atoms with Crippen molar-refractivity contribution in [2.75, 3.05) is 11.5 Å². The Morgan fingerprint density at radius 1 is 0.857 bits per heavy atom. The SMILES string of the molecule is CCCc1cc(CCC)c(N)cc1N. The van der Waals surface area contributed by atoms with Crippen LogP contribution < -0.4 is 11.5 Å². The van der Waals surface area contributed by atoms with Crippen molar-refractivity contribution in [1.82, 2.24) is 0 Å². The molecule has 0 saturated heterocycles. The van der Waals surface area contributed by atoms with E-state index in [2.05, 4.69) is 19.9 Å². The molecule has 0 amide bonds. The second kappa shape index (κ2) is 4.89. The lowest BCUT2D eigenvalue weighted by Crippen LogP contribution is -2.01. The van der Waals surface area contributed by atoms with Gasteiger partial charge in [0.15, 0.2) is 0 Å². The minimum atomic E-state index is 0.837. The van der Waals surface area contributed by atoms with Crippen molar-refractivity contribution >= 4 is 11.4 Å². The highest BCUT2D eigenvalue weighted by atomic mass is 14.6. The summed E-state index contributed by atoms with van der Waals surface area (Å²) in [6.45, 7) is 4.32. The Morgan fingerprint density at radius 3 is 1.64 bits per heavy atom. The van der Waals surface area contributed by atoms with E-state index in [0.29, 0.717) is 0 Å². The van der Waals surface area contributed by atoms with E-state index in [0.717, 1.165) is 37.1 Å².